The number of nitrogens with zero attached hydrogens (tertiary/aromatic N) is 4. The highest BCUT2D eigenvalue weighted by atomic mass is 16.2. The molecule has 0 radical (unpaired) electrons. The van der Waals surface area contributed by atoms with E-state index in [-0.39, 0.29) is 53.7 Å². The summed E-state index contributed by atoms with van der Waals surface area (Å²) in [6.45, 7) is 9.50. The summed E-state index contributed by atoms with van der Waals surface area (Å²) in [4.78, 5) is 60.6. The number of carbonyl (C=O) groups excluding carboxylic acids is 4. The highest BCUT2D eigenvalue weighted by Crippen LogP contribution is 2.62. The Morgan fingerprint density at radius 2 is 1.78 bits per heavy atom. The van der Waals surface area contributed by atoms with Gasteiger partial charge in [-0.25, -0.2) is 0 Å². The Kier molecular flexibility index (Phi) is 8.87. The standard InChI is InChI=1S/C37H47N5O4/c1-22(2)38-27-16-26-10-8-6-7-9-11-28(44)14-15-37-19-31(32(45)18-30-23(3)12-13-24(4)39-30)42(33(37)20-37)34(46)21-41-36(26)29(17-27)35(40-41)25(5)43/h12-13,16-17,22,31,33,38H,6-11,14-15,18-21H2,1-5H3/t31-,33+,37-/m0/s1. The highest BCUT2D eigenvalue weighted by Gasteiger charge is 2.66. The Hall–Kier alpha value is -3.88. The molecule has 6 rings (SSSR count). The second-order valence-electron chi connectivity index (χ2n) is 14.3. The van der Waals surface area contributed by atoms with E-state index in [0.29, 0.717) is 31.4 Å². The van der Waals surface area contributed by atoms with Crippen LogP contribution in [-0.2, 0) is 33.8 Å². The third-order valence-electron chi connectivity index (χ3n) is 10.3. The lowest BCUT2D eigenvalue weighted by Crippen LogP contribution is -2.45. The van der Waals surface area contributed by atoms with Gasteiger partial charge in [-0.05, 0) is 101 Å². The minimum Gasteiger partial charge on any atom is -0.383 e. The van der Waals surface area contributed by atoms with Crippen molar-refractivity contribution in [3.05, 3.63) is 52.5 Å². The van der Waals surface area contributed by atoms with E-state index >= 15 is 0 Å². The summed E-state index contributed by atoms with van der Waals surface area (Å²) in [6, 6.07) is 7.58. The molecule has 244 valence electrons. The quantitative estimate of drug-likeness (QED) is 0.329. The van der Waals surface area contributed by atoms with Crippen LogP contribution in [0, 0.1) is 19.3 Å². The average Bonchev–Trinajstić information content (AvgIpc) is 3.40. The molecule has 1 aromatic carbocycles. The van der Waals surface area contributed by atoms with Crippen LogP contribution in [-0.4, -0.2) is 61.0 Å². The van der Waals surface area contributed by atoms with Crippen molar-refractivity contribution in [2.75, 3.05) is 5.32 Å². The molecule has 2 aliphatic heterocycles. The zero-order chi connectivity index (χ0) is 32.7. The fourth-order valence-corrected chi connectivity index (χ4v) is 7.87. The predicted molar refractivity (Wildman–Crippen MR) is 178 cm³/mol. The number of carbonyl (C=O) groups is 4. The van der Waals surface area contributed by atoms with E-state index in [2.05, 4.69) is 30.2 Å². The molecular formula is C37H47N5O4. The molecule has 2 fully saturated rings. The van der Waals surface area contributed by atoms with Crippen molar-refractivity contribution in [2.24, 2.45) is 5.41 Å². The van der Waals surface area contributed by atoms with Gasteiger partial charge in [-0.1, -0.05) is 18.9 Å². The van der Waals surface area contributed by atoms with Gasteiger partial charge < -0.3 is 10.2 Å². The molecule has 9 heteroatoms. The topological polar surface area (TPSA) is 114 Å². The fourth-order valence-electron chi connectivity index (χ4n) is 7.87. The Bertz CT molecular complexity index is 1710. The third-order valence-corrected chi connectivity index (χ3v) is 10.3. The van der Waals surface area contributed by atoms with E-state index in [9.17, 15) is 19.2 Å². The third kappa shape index (κ3) is 6.38. The van der Waals surface area contributed by atoms with Crippen molar-refractivity contribution in [3.8, 4) is 0 Å². The van der Waals surface area contributed by atoms with Gasteiger partial charge in [-0.15, -0.1) is 0 Å². The van der Waals surface area contributed by atoms with Crippen molar-refractivity contribution in [1.82, 2.24) is 19.7 Å². The summed E-state index contributed by atoms with van der Waals surface area (Å²) in [5.41, 5.74) is 5.51. The van der Waals surface area contributed by atoms with E-state index in [1.165, 1.54) is 6.92 Å². The van der Waals surface area contributed by atoms with Crippen molar-refractivity contribution in [3.63, 3.8) is 0 Å². The predicted octanol–water partition coefficient (Wildman–Crippen LogP) is 6.10. The van der Waals surface area contributed by atoms with Gasteiger partial charge >= 0.3 is 0 Å². The van der Waals surface area contributed by atoms with Crippen LogP contribution >= 0.6 is 0 Å². The summed E-state index contributed by atoms with van der Waals surface area (Å²) in [7, 11) is 0. The van der Waals surface area contributed by atoms with Crippen molar-refractivity contribution in [1.29, 1.82) is 0 Å². The van der Waals surface area contributed by atoms with Crippen molar-refractivity contribution in [2.45, 2.75) is 130 Å². The number of hydrogen-bond donors (Lipinski definition) is 1. The summed E-state index contributed by atoms with van der Waals surface area (Å²) in [5, 5.41) is 8.98. The van der Waals surface area contributed by atoms with Crippen LogP contribution in [0.3, 0.4) is 0 Å². The van der Waals surface area contributed by atoms with E-state index in [1.54, 1.807) is 4.68 Å². The lowest BCUT2D eigenvalue weighted by molar-refractivity contribution is -0.139. The highest BCUT2D eigenvalue weighted by molar-refractivity contribution is 6.07. The molecule has 3 aromatic rings. The maximum absolute atomic E-state index is 14.4. The monoisotopic (exact) mass is 625 g/mol. The molecule has 0 unspecified atom stereocenters. The summed E-state index contributed by atoms with van der Waals surface area (Å²) < 4.78 is 1.71. The number of amides is 1. The molecule has 9 nitrogen and oxygen atoms in total. The van der Waals surface area contributed by atoms with E-state index < -0.39 is 6.04 Å². The molecule has 2 bridgehead atoms. The van der Waals surface area contributed by atoms with Gasteiger partial charge in [0, 0.05) is 48.6 Å². The number of nitrogens with one attached hydrogen (secondary N) is 1. The summed E-state index contributed by atoms with van der Waals surface area (Å²) in [5.74, 6) is -0.0430. The second kappa shape index (κ2) is 12.7. The van der Waals surface area contributed by atoms with Gasteiger partial charge in [0.2, 0.25) is 5.91 Å². The lowest BCUT2D eigenvalue weighted by atomic mass is 9.90. The second-order valence-corrected chi connectivity index (χ2v) is 14.3. The smallest absolute Gasteiger partial charge is 0.245 e. The molecule has 3 aliphatic rings. The zero-order valence-corrected chi connectivity index (χ0v) is 27.9. The molecular weight excluding hydrogens is 578 g/mol. The molecule has 1 saturated carbocycles. The number of ketones is 3. The SMILES string of the molecule is CC(=O)c1nn2c3c(cc(NC(C)C)cc13)CCCCCCC(=O)CC[C@@]13C[C@@H](C(=O)Cc4nc(C)ccc4C)N(C(=O)C2)[C@@H]1C3. The van der Waals surface area contributed by atoms with Crippen LogP contribution in [0.5, 0.6) is 0 Å². The summed E-state index contributed by atoms with van der Waals surface area (Å²) >= 11 is 0. The van der Waals surface area contributed by atoms with Crippen LogP contribution in [0.15, 0.2) is 24.3 Å². The van der Waals surface area contributed by atoms with Crippen LogP contribution < -0.4 is 5.32 Å². The maximum Gasteiger partial charge on any atom is 0.245 e. The Labute approximate surface area is 271 Å². The molecule has 0 spiro atoms. The van der Waals surface area contributed by atoms with Gasteiger partial charge in [0.05, 0.1) is 23.7 Å². The van der Waals surface area contributed by atoms with Gasteiger partial charge in [0.25, 0.3) is 0 Å². The number of aryl methyl sites for hydroxylation is 3. The number of benzene rings is 1. The number of Topliss-reactive ketones (excluding diaryl/α,β-unsaturated/α-hetero) is 3. The molecule has 4 heterocycles. The largest absolute Gasteiger partial charge is 0.383 e. The van der Waals surface area contributed by atoms with Gasteiger partial charge in [-0.3, -0.25) is 28.8 Å². The van der Waals surface area contributed by atoms with Crippen LogP contribution in [0.2, 0.25) is 0 Å². The van der Waals surface area contributed by atoms with Crippen LogP contribution in [0.25, 0.3) is 10.9 Å². The molecule has 1 N–H and O–H groups in total. The Morgan fingerprint density at radius 3 is 2.52 bits per heavy atom. The first-order chi connectivity index (χ1) is 22.0. The number of pyridine rings is 1. The van der Waals surface area contributed by atoms with E-state index in [4.69, 9.17) is 5.10 Å². The number of hydrogen-bond acceptors (Lipinski definition) is 7. The van der Waals surface area contributed by atoms with E-state index in [0.717, 1.165) is 77.6 Å². The first-order valence-electron chi connectivity index (χ1n) is 17.1. The van der Waals surface area contributed by atoms with Gasteiger partial charge in [0.1, 0.15) is 18.0 Å². The number of rotatable bonds is 6. The number of anilines is 1. The van der Waals surface area contributed by atoms with Crippen molar-refractivity contribution >= 4 is 39.8 Å². The lowest BCUT2D eigenvalue weighted by Gasteiger charge is -2.27. The van der Waals surface area contributed by atoms with Gasteiger partial charge in [-0.2, -0.15) is 5.10 Å². The molecule has 1 aliphatic carbocycles. The maximum atomic E-state index is 14.4. The molecule has 46 heavy (non-hydrogen) atoms. The molecule has 3 atom stereocenters. The fraction of sp³-hybridized carbons (Fsp3) is 0.568. The van der Waals surface area contributed by atoms with Crippen molar-refractivity contribution < 1.29 is 19.2 Å². The summed E-state index contributed by atoms with van der Waals surface area (Å²) in [6.07, 6.45) is 7.91. The molecule has 2 aromatic heterocycles. The van der Waals surface area contributed by atoms with Crippen LogP contribution in [0.4, 0.5) is 5.69 Å². The zero-order valence-electron chi connectivity index (χ0n) is 27.9. The van der Waals surface area contributed by atoms with Crippen LogP contribution in [0.1, 0.15) is 112 Å². The minimum atomic E-state index is -0.572. The Morgan fingerprint density at radius 1 is 1.02 bits per heavy atom. The van der Waals surface area contributed by atoms with Gasteiger partial charge in [0.15, 0.2) is 11.6 Å². The molecule has 1 amide bonds. The first-order valence-corrected chi connectivity index (χ1v) is 17.1. The first kappa shape index (κ1) is 32.1. The van der Waals surface area contributed by atoms with E-state index in [1.807, 2.05) is 36.9 Å². The Balaban J connectivity index is 1.39. The number of aromatic nitrogens is 3. The average molecular weight is 626 g/mol. The minimum absolute atomic E-state index is 0.0123. The normalized spacial score (nSPS) is 23.8. The number of piperidine rings is 1. The molecule has 1 saturated heterocycles.